The van der Waals surface area contributed by atoms with Gasteiger partial charge in [0.25, 0.3) is 0 Å². The molecule has 0 spiro atoms. The molecule has 2 atom stereocenters. The van der Waals surface area contributed by atoms with Gasteiger partial charge in [0.05, 0.1) is 13.2 Å². The van der Waals surface area contributed by atoms with Gasteiger partial charge in [-0.25, -0.2) is 0 Å². The van der Waals surface area contributed by atoms with Crippen LogP contribution in [0.1, 0.15) is 24.3 Å². The maximum atomic E-state index is 11.5. The van der Waals surface area contributed by atoms with Crippen molar-refractivity contribution in [1.82, 2.24) is 9.80 Å². The molecule has 5 nitrogen and oxygen atoms in total. The Kier molecular flexibility index (Phi) is 5.65. The van der Waals surface area contributed by atoms with Crippen LogP contribution in [-0.2, 0) is 9.53 Å². The van der Waals surface area contributed by atoms with E-state index in [1.54, 1.807) is 0 Å². The SMILES string of the molecule is NC(=O)C[C@H](CN1CC[C@H](N2CCOCC2)C1)c1ccccc1. The van der Waals surface area contributed by atoms with Gasteiger partial charge in [0, 0.05) is 44.6 Å². The molecule has 23 heavy (non-hydrogen) atoms. The molecule has 0 aromatic heterocycles. The molecule has 1 amide bonds. The fourth-order valence-electron chi connectivity index (χ4n) is 3.79. The summed E-state index contributed by atoms with van der Waals surface area (Å²) in [6.07, 6.45) is 1.63. The van der Waals surface area contributed by atoms with E-state index in [2.05, 4.69) is 21.9 Å². The second kappa shape index (κ2) is 7.90. The van der Waals surface area contributed by atoms with Crippen molar-refractivity contribution in [1.29, 1.82) is 0 Å². The van der Waals surface area contributed by atoms with Crippen molar-refractivity contribution in [3.05, 3.63) is 35.9 Å². The summed E-state index contributed by atoms with van der Waals surface area (Å²) in [6, 6.07) is 10.9. The first kappa shape index (κ1) is 16.4. The first-order chi connectivity index (χ1) is 11.2. The van der Waals surface area contributed by atoms with Crippen LogP contribution in [0.4, 0.5) is 0 Å². The zero-order valence-corrected chi connectivity index (χ0v) is 13.7. The quantitative estimate of drug-likeness (QED) is 0.852. The predicted octanol–water partition coefficient (Wildman–Crippen LogP) is 1.05. The largest absolute Gasteiger partial charge is 0.379 e. The highest BCUT2D eigenvalue weighted by molar-refractivity contribution is 5.74. The summed E-state index contributed by atoms with van der Waals surface area (Å²) in [7, 11) is 0. The molecular formula is C18H27N3O2. The highest BCUT2D eigenvalue weighted by Gasteiger charge is 2.30. The zero-order chi connectivity index (χ0) is 16.1. The highest BCUT2D eigenvalue weighted by atomic mass is 16.5. The molecule has 0 unspecified atom stereocenters. The number of nitrogens with zero attached hydrogens (tertiary/aromatic N) is 2. The molecule has 2 aliphatic rings. The average molecular weight is 317 g/mol. The van der Waals surface area contributed by atoms with E-state index in [0.29, 0.717) is 12.5 Å². The summed E-state index contributed by atoms with van der Waals surface area (Å²) in [6.45, 7) is 6.89. The molecule has 0 aliphatic carbocycles. The third-order valence-electron chi connectivity index (χ3n) is 5.01. The second-order valence-corrected chi connectivity index (χ2v) is 6.63. The summed E-state index contributed by atoms with van der Waals surface area (Å²) in [4.78, 5) is 16.5. The monoisotopic (exact) mass is 317 g/mol. The Balaban J connectivity index is 1.58. The molecule has 2 N–H and O–H groups in total. The van der Waals surface area contributed by atoms with Gasteiger partial charge in [-0.2, -0.15) is 0 Å². The number of rotatable bonds is 6. The first-order valence-corrected chi connectivity index (χ1v) is 8.60. The van der Waals surface area contributed by atoms with Gasteiger partial charge in [-0.3, -0.25) is 9.69 Å². The van der Waals surface area contributed by atoms with Gasteiger partial charge < -0.3 is 15.4 Å². The van der Waals surface area contributed by atoms with Gasteiger partial charge in [-0.05, 0) is 18.5 Å². The Morgan fingerprint density at radius 1 is 1.22 bits per heavy atom. The van der Waals surface area contributed by atoms with E-state index in [1.807, 2.05) is 18.2 Å². The van der Waals surface area contributed by atoms with Crippen LogP contribution < -0.4 is 5.73 Å². The van der Waals surface area contributed by atoms with Crippen molar-refractivity contribution in [2.75, 3.05) is 45.9 Å². The molecule has 2 aliphatic heterocycles. The fraction of sp³-hybridized carbons (Fsp3) is 0.611. The Morgan fingerprint density at radius 2 is 1.96 bits per heavy atom. The van der Waals surface area contributed by atoms with Gasteiger partial charge in [0.1, 0.15) is 0 Å². The van der Waals surface area contributed by atoms with Crippen LogP contribution >= 0.6 is 0 Å². The minimum Gasteiger partial charge on any atom is -0.379 e. The summed E-state index contributed by atoms with van der Waals surface area (Å²) in [5.74, 6) is -0.0279. The van der Waals surface area contributed by atoms with E-state index in [-0.39, 0.29) is 11.8 Å². The number of primary amides is 1. The Labute approximate surface area is 138 Å². The topological polar surface area (TPSA) is 58.8 Å². The molecule has 0 bridgehead atoms. The normalized spacial score (nSPS) is 24.6. The van der Waals surface area contributed by atoms with E-state index in [9.17, 15) is 4.79 Å². The number of carbonyl (C=O) groups is 1. The second-order valence-electron chi connectivity index (χ2n) is 6.63. The number of carbonyl (C=O) groups excluding carboxylic acids is 1. The van der Waals surface area contributed by atoms with Crippen LogP contribution in [-0.4, -0.2) is 67.7 Å². The van der Waals surface area contributed by atoms with Crippen LogP contribution in [0.2, 0.25) is 0 Å². The maximum Gasteiger partial charge on any atom is 0.218 e. The number of benzene rings is 1. The predicted molar refractivity (Wildman–Crippen MR) is 90.2 cm³/mol. The Bertz CT molecular complexity index is 502. The standard InChI is InChI=1S/C18H27N3O2/c19-18(22)12-16(15-4-2-1-3-5-15)13-20-7-6-17(14-20)21-8-10-23-11-9-21/h1-5,16-17H,6-14H2,(H2,19,22)/t16-,17+/m1/s1. The van der Waals surface area contributed by atoms with E-state index in [0.717, 1.165) is 45.9 Å². The van der Waals surface area contributed by atoms with Crippen molar-refractivity contribution < 1.29 is 9.53 Å². The lowest BCUT2D eigenvalue weighted by atomic mass is 9.95. The molecule has 3 rings (SSSR count). The average Bonchev–Trinajstić information content (AvgIpc) is 3.04. The lowest BCUT2D eigenvalue weighted by Gasteiger charge is -2.32. The van der Waals surface area contributed by atoms with Gasteiger partial charge >= 0.3 is 0 Å². The minimum absolute atomic E-state index is 0.192. The molecule has 1 aromatic rings. The van der Waals surface area contributed by atoms with Gasteiger partial charge in [-0.1, -0.05) is 30.3 Å². The molecule has 1 aromatic carbocycles. The van der Waals surface area contributed by atoms with Crippen molar-refractivity contribution in [3.8, 4) is 0 Å². The molecule has 2 fully saturated rings. The highest BCUT2D eigenvalue weighted by Crippen LogP contribution is 2.24. The van der Waals surface area contributed by atoms with Crippen LogP contribution in [0.25, 0.3) is 0 Å². The number of amides is 1. The zero-order valence-electron chi connectivity index (χ0n) is 13.7. The summed E-state index contributed by atoms with van der Waals surface area (Å²) >= 11 is 0. The molecular weight excluding hydrogens is 290 g/mol. The summed E-state index contributed by atoms with van der Waals surface area (Å²) in [5, 5.41) is 0. The van der Waals surface area contributed by atoms with Crippen LogP contribution in [0, 0.1) is 0 Å². The van der Waals surface area contributed by atoms with Crippen molar-refractivity contribution in [3.63, 3.8) is 0 Å². The van der Waals surface area contributed by atoms with Crippen molar-refractivity contribution >= 4 is 5.91 Å². The molecule has 0 saturated carbocycles. The third kappa shape index (κ3) is 4.53. The van der Waals surface area contributed by atoms with E-state index in [1.165, 1.54) is 12.0 Å². The molecule has 2 heterocycles. The molecule has 2 saturated heterocycles. The third-order valence-corrected chi connectivity index (χ3v) is 5.01. The van der Waals surface area contributed by atoms with Crippen LogP contribution in [0.15, 0.2) is 30.3 Å². The number of likely N-dealkylation sites (tertiary alicyclic amines) is 1. The lowest BCUT2D eigenvalue weighted by molar-refractivity contribution is -0.118. The van der Waals surface area contributed by atoms with Crippen LogP contribution in [0.5, 0.6) is 0 Å². The number of hydrogen-bond donors (Lipinski definition) is 1. The number of hydrogen-bond acceptors (Lipinski definition) is 4. The van der Waals surface area contributed by atoms with Gasteiger partial charge in [-0.15, -0.1) is 0 Å². The van der Waals surface area contributed by atoms with Gasteiger partial charge in [0.2, 0.25) is 5.91 Å². The number of nitrogens with two attached hydrogens (primary N) is 1. The molecule has 126 valence electrons. The van der Waals surface area contributed by atoms with E-state index >= 15 is 0 Å². The van der Waals surface area contributed by atoms with Crippen molar-refractivity contribution in [2.24, 2.45) is 5.73 Å². The summed E-state index contributed by atoms with van der Waals surface area (Å²) in [5.41, 5.74) is 6.68. The fourth-order valence-corrected chi connectivity index (χ4v) is 3.79. The van der Waals surface area contributed by atoms with Gasteiger partial charge in [0.15, 0.2) is 0 Å². The smallest absolute Gasteiger partial charge is 0.218 e. The first-order valence-electron chi connectivity index (χ1n) is 8.60. The van der Waals surface area contributed by atoms with E-state index < -0.39 is 0 Å². The molecule has 0 radical (unpaired) electrons. The molecule has 5 heteroatoms. The summed E-state index contributed by atoms with van der Waals surface area (Å²) < 4.78 is 5.45. The van der Waals surface area contributed by atoms with Crippen LogP contribution in [0.3, 0.4) is 0 Å². The Hall–Kier alpha value is -1.43. The number of ether oxygens (including phenoxy) is 1. The lowest BCUT2D eigenvalue weighted by Crippen LogP contribution is -2.45. The Morgan fingerprint density at radius 3 is 2.65 bits per heavy atom. The van der Waals surface area contributed by atoms with E-state index in [4.69, 9.17) is 10.5 Å². The minimum atomic E-state index is -0.220. The number of morpholine rings is 1. The van der Waals surface area contributed by atoms with Crippen molar-refractivity contribution in [2.45, 2.75) is 24.8 Å². The maximum absolute atomic E-state index is 11.5.